The van der Waals surface area contributed by atoms with Crippen molar-refractivity contribution >= 4 is 5.91 Å². The summed E-state index contributed by atoms with van der Waals surface area (Å²) in [6.45, 7) is 19.4. The number of nitrogens with one attached hydrogen (secondary N) is 1. The van der Waals surface area contributed by atoms with E-state index < -0.39 is 11.7 Å². The molecule has 6 unspecified atom stereocenters. The first-order valence-corrected chi connectivity index (χ1v) is 18.9. The zero-order valence-corrected chi connectivity index (χ0v) is 29.6. The van der Waals surface area contributed by atoms with Gasteiger partial charge in [0.15, 0.2) is 6.29 Å². The Kier molecular flexibility index (Phi) is 7.32. The summed E-state index contributed by atoms with van der Waals surface area (Å²) in [5.41, 5.74) is 0.192. The zero-order valence-electron chi connectivity index (χ0n) is 29.6. The van der Waals surface area contributed by atoms with Gasteiger partial charge in [0.1, 0.15) is 6.10 Å². The van der Waals surface area contributed by atoms with Gasteiger partial charge >= 0.3 is 0 Å². The second-order valence-electron chi connectivity index (χ2n) is 19.2. The van der Waals surface area contributed by atoms with E-state index in [-0.39, 0.29) is 52.7 Å². The molecule has 260 valence electrons. The number of fused-ring (bicyclic) bond motifs is 4. The Morgan fingerprint density at radius 3 is 2.43 bits per heavy atom. The molecule has 1 amide bonds. The van der Waals surface area contributed by atoms with Crippen LogP contribution in [0, 0.1) is 56.7 Å². The van der Waals surface area contributed by atoms with Gasteiger partial charge in [-0.05, 0) is 122 Å². The molecule has 2 spiro atoms. The average Bonchev–Trinajstić information content (AvgIpc) is 3.56. The van der Waals surface area contributed by atoms with Gasteiger partial charge in [0.25, 0.3) is 0 Å². The number of ether oxygens (including phenoxy) is 3. The van der Waals surface area contributed by atoms with E-state index in [1.54, 1.807) is 13.8 Å². The van der Waals surface area contributed by atoms with E-state index >= 15 is 0 Å². The fraction of sp³-hybridized carbons (Fsp3) is 0.974. The molecule has 3 saturated heterocycles. The second kappa shape index (κ2) is 10.4. The van der Waals surface area contributed by atoms with Gasteiger partial charge in [0.05, 0.1) is 43.0 Å². The van der Waals surface area contributed by atoms with Crippen LogP contribution in [0.5, 0.6) is 0 Å². The molecule has 8 rings (SSSR count). The molecule has 8 heteroatoms. The van der Waals surface area contributed by atoms with Crippen LogP contribution in [0.15, 0.2) is 0 Å². The van der Waals surface area contributed by atoms with Crippen molar-refractivity contribution < 1.29 is 29.2 Å². The molecule has 5 saturated carbocycles. The summed E-state index contributed by atoms with van der Waals surface area (Å²) in [6, 6.07) is 0. The second-order valence-corrected chi connectivity index (χ2v) is 19.2. The first-order valence-electron chi connectivity index (χ1n) is 18.9. The number of nitrogens with zero attached hydrogens (tertiary/aromatic N) is 1. The van der Waals surface area contributed by atoms with Crippen molar-refractivity contribution in [1.29, 1.82) is 0 Å². The van der Waals surface area contributed by atoms with Crippen molar-refractivity contribution in [1.82, 2.24) is 10.2 Å². The quantitative estimate of drug-likeness (QED) is 0.398. The Morgan fingerprint density at radius 2 is 1.74 bits per heavy atom. The standard InChI is InChI=1S/C38H62N2O6/c1-22-16-24(31(41)34(4,5)43)45-25-17-36(7)27-9-8-26-33(2,3)28(46-29-20-40(14-15-44-29)32(42)23-18-39-19-23)10-11-37(26)21-38(27,37)13-12-35(36,6)30(22)25/h22-31,39,41,43H,8-21H2,1-7H3/t22-,24?,25?,26?,27+,28+,29?,30?,31+,35-,36+,37?,38+/m1/s1. The number of carbonyl (C=O) groups is 1. The Labute approximate surface area is 277 Å². The van der Waals surface area contributed by atoms with Gasteiger partial charge in [-0.1, -0.05) is 34.6 Å². The van der Waals surface area contributed by atoms with Crippen LogP contribution in [0.1, 0.15) is 106 Å². The van der Waals surface area contributed by atoms with Gasteiger partial charge in [-0.2, -0.15) is 0 Å². The maximum atomic E-state index is 13.0. The normalized spacial score (nSPS) is 51.9. The Morgan fingerprint density at radius 1 is 1.02 bits per heavy atom. The highest BCUT2D eigenvalue weighted by Gasteiger charge is 2.83. The lowest BCUT2D eigenvalue weighted by Gasteiger charge is -2.63. The molecule has 0 aromatic carbocycles. The molecule has 0 aromatic rings. The van der Waals surface area contributed by atoms with Crippen LogP contribution in [-0.4, -0.2) is 90.1 Å². The number of aliphatic hydroxyl groups is 2. The van der Waals surface area contributed by atoms with Gasteiger partial charge < -0.3 is 34.6 Å². The first kappa shape index (κ1) is 32.4. The van der Waals surface area contributed by atoms with Gasteiger partial charge in [-0.25, -0.2) is 0 Å². The molecule has 0 radical (unpaired) electrons. The Hall–Kier alpha value is -0.770. The lowest BCUT2D eigenvalue weighted by Crippen LogP contribution is -2.59. The van der Waals surface area contributed by atoms with Crippen molar-refractivity contribution in [3.8, 4) is 0 Å². The van der Waals surface area contributed by atoms with Crippen LogP contribution in [0.2, 0.25) is 0 Å². The molecular weight excluding hydrogens is 580 g/mol. The molecule has 3 heterocycles. The first-order chi connectivity index (χ1) is 21.6. The molecule has 0 bridgehead atoms. The van der Waals surface area contributed by atoms with Crippen LogP contribution in [0.4, 0.5) is 0 Å². The van der Waals surface area contributed by atoms with Crippen LogP contribution >= 0.6 is 0 Å². The molecule has 13 atom stereocenters. The minimum atomic E-state index is -1.16. The van der Waals surface area contributed by atoms with E-state index in [4.69, 9.17) is 14.2 Å². The molecule has 3 aliphatic heterocycles. The van der Waals surface area contributed by atoms with Crippen molar-refractivity contribution in [2.75, 3.05) is 32.8 Å². The highest BCUT2D eigenvalue weighted by atomic mass is 16.7. The van der Waals surface area contributed by atoms with E-state index in [2.05, 4.69) is 39.9 Å². The average molecular weight is 643 g/mol. The van der Waals surface area contributed by atoms with Crippen LogP contribution in [0.3, 0.4) is 0 Å². The number of carbonyl (C=O) groups excluding carboxylic acids is 1. The van der Waals surface area contributed by atoms with Crippen molar-refractivity contribution in [2.45, 2.75) is 143 Å². The lowest BCUT2D eigenvalue weighted by molar-refractivity contribution is -0.247. The predicted molar refractivity (Wildman–Crippen MR) is 175 cm³/mol. The van der Waals surface area contributed by atoms with Crippen LogP contribution < -0.4 is 5.32 Å². The van der Waals surface area contributed by atoms with Crippen molar-refractivity contribution in [3.63, 3.8) is 0 Å². The third-order valence-electron chi connectivity index (χ3n) is 16.5. The monoisotopic (exact) mass is 642 g/mol. The molecule has 8 fully saturated rings. The highest BCUT2D eigenvalue weighted by Crippen LogP contribution is 2.89. The minimum Gasteiger partial charge on any atom is -0.388 e. The van der Waals surface area contributed by atoms with E-state index in [0.717, 1.165) is 32.4 Å². The van der Waals surface area contributed by atoms with Gasteiger partial charge in [-0.3, -0.25) is 4.79 Å². The van der Waals surface area contributed by atoms with Gasteiger partial charge in [0, 0.05) is 19.6 Å². The number of hydrogen-bond acceptors (Lipinski definition) is 7. The lowest BCUT2D eigenvalue weighted by atomic mass is 9.41. The van der Waals surface area contributed by atoms with Crippen LogP contribution in [0.25, 0.3) is 0 Å². The van der Waals surface area contributed by atoms with E-state index in [1.807, 2.05) is 4.90 Å². The fourth-order valence-electron chi connectivity index (χ4n) is 14.0. The summed E-state index contributed by atoms with van der Waals surface area (Å²) >= 11 is 0. The number of amides is 1. The predicted octanol–water partition coefficient (Wildman–Crippen LogP) is 4.75. The van der Waals surface area contributed by atoms with E-state index in [1.165, 1.54) is 38.5 Å². The summed E-state index contributed by atoms with van der Waals surface area (Å²) in [6.07, 6.45) is 9.59. The molecule has 46 heavy (non-hydrogen) atoms. The number of aliphatic hydroxyl groups excluding tert-OH is 1. The number of morpholine rings is 1. The summed E-state index contributed by atoms with van der Waals surface area (Å²) in [5.74, 6) is 2.71. The minimum absolute atomic E-state index is 0.0592. The Bertz CT molecular complexity index is 1230. The summed E-state index contributed by atoms with van der Waals surface area (Å²) < 4.78 is 19.8. The smallest absolute Gasteiger partial charge is 0.228 e. The van der Waals surface area contributed by atoms with Gasteiger partial charge in [-0.15, -0.1) is 0 Å². The highest BCUT2D eigenvalue weighted by molar-refractivity contribution is 5.80. The van der Waals surface area contributed by atoms with Crippen molar-refractivity contribution in [3.05, 3.63) is 0 Å². The molecule has 8 nitrogen and oxygen atoms in total. The number of rotatable bonds is 5. The summed E-state index contributed by atoms with van der Waals surface area (Å²) in [5, 5.41) is 24.9. The zero-order chi connectivity index (χ0) is 32.7. The van der Waals surface area contributed by atoms with Crippen molar-refractivity contribution in [2.24, 2.45) is 56.7 Å². The summed E-state index contributed by atoms with van der Waals surface area (Å²) in [7, 11) is 0. The van der Waals surface area contributed by atoms with E-state index in [9.17, 15) is 15.0 Å². The molecule has 3 N–H and O–H groups in total. The maximum Gasteiger partial charge on any atom is 0.228 e. The molecule has 8 aliphatic rings. The third kappa shape index (κ3) is 4.28. The third-order valence-corrected chi connectivity index (χ3v) is 16.5. The molecule has 0 aromatic heterocycles. The SMILES string of the molecule is C[C@@H]1CC([C@H](O)C(C)(C)O)OC2C[C@@]3(C)[C@@H]4CCC5C(C)(C)[C@@H](OC6CN(C(=O)C7CNC7)CCO6)CCC56C[C@@]46CC[C@]3(C)C21. The molecule has 5 aliphatic carbocycles. The van der Waals surface area contributed by atoms with Gasteiger partial charge in [0.2, 0.25) is 5.91 Å². The topological polar surface area (TPSA) is 100 Å². The Balaban J connectivity index is 0.992. The maximum absolute atomic E-state index is 13.0. The summed E-state index contributed by atoms with van der Waals surface area (Å²) in [4.78, 5) is 15.0. The van der Waals surface area contributed by atoms with Crippen LogP contribution in [-0.2, 0) is 19.0 Å². The fourth-order valence-corrected chi connectivity index (χ4v) is 14.0. The van der Waals surface area contributed by atoms with E-state index in [0.29, 0.717) is 54.2 Å². The number of hydrogen-bond donors (Lipinski definition) is 3. The molecular formula is C38H62N2O6. The largest absolute Gasteiger partial charge is 0.388 e.